The standard InChI is InChI=1S/C11H10BrFN4O/c1-17-6-15-16-10(17)5-14-11(18)8-4-7(13)2-3-9(8)12/h2-4,6H,5H2,1H3,(H,14,18). The average Bonchev–Trinajstić information content (AvgIpc) is 2.75. The number of rotatable bonds is 3. The first-order chi connectivity index (χ1) is 8.58. The second kappa shape index (κ2) is 5.26. The van der Waals surface area contributed by atoms with Crippen LogP contribution in [-0.4, -0.2) is 20.7 Å². The molecule has 0 spiro atoms. The van der Waals surface area contributed by atoms with Crippen LogP contribution < -0.4 is 5.32 Å². The molecule has 2 rings (SSSR count). The smallest absolute Gasteiger partial charge is 0.252 e. The Morgan fingerprint density at radius 3 is 3.00 bits per heavy atom. The van der Waals surface area contributed by atoms with E-state index in [4.69, 9.17) is 0 Å². The molecule has 0 saturated carbocycles. The Bertz CT molecular complexity index is 584. The lowest BCUT2D eigenvalue weighted by Crippen LogP contribution is -2.24. The highest BCUT2D eigenvalue weighted by molar-refractivity contribution is 9.10. The fraction of sp³-hybridized carbons (Fsp3) is 0.182. The van der Waals surface area contributed by atoms with Crippen molar-refractivity contribution in [2.75, 3.05) is 0 Å². The van der Waals surface area contributed by atoms with Gasteiger partial charge in [-0.3, -0.25) is 4.79 Å². The van der Waals surface area contributed by atoms with E-state index in [0.717, 1.165) is 0 Å². The third kappa shape index (κ3) is 2.73. The summed E-state index contributed by atoms with van der Waals surface area (Å²) in [6.07, 6.45) is 1.54. The summed E-state index contributed by atoms with van der Waals surface area (Å²) >= 11 is 3.20. The van der Waals surface area contributed by atoms with E-state index in [1.807, 2.05) is 0 Å². The summed E-state index contributed by atoms with van der Waals surface area (Å²) in [7, 11) is 1.78. The van der Waals surface area contributed by atoms with Gasteiger partial charge in [0.1, 0.15) is 12.1 Å². The fourth-order valence-electron chi connectivity index (χ4n) is 1.39. The first-order valence-electron chi connectivity index (χ1n) is 5.14. The van der Waals surface area contributed by atoms with E-state index in [2.05, 4.69) is 31.4 Å². The molecule has 0 aliphatic heterocycles. The maximum Gasteiger partial charge on any atom is 0.252 e. The molecular weight excluding hydrogens is 303 g/mol. The van der Waals surface area contributed by atoms with Crippen molar-refractivity contribution >= 4 is 21.8 Å². The quantitative estimate of drug-likeness (QED) is 0.937. The monoisotopic (exact) mass is 312 g/mol. The van der Waals surface area contributed by atoms with Crippen LogP contribution in [0.1, 0.15) is 16.2 Å². The first kappa shape index (κ1) is 12.7. The molecule has 1 heterocycles. The number of carbonyl (C=O) groups is 1. The number of nitrogens with one attached hydrogen (secondary N) is 1. The summed E-state index contributed by atoms with van der Waals surface area (Å²) in [5.74, 6) is -0.206. The molecule has 18 heavy (non-hydrogen) atoms. The summed E-state index contributed by atoms with van der Waals surface area (Å²) in [5.41, 5.74) is 0.247. The van der Waals surface area contributed by atoms with Gasteiger partial charge < -0.3 is 9.88 Å². The lowest BCUT2D eigenvalue weighted by atomic mass is 10.2. The van der Waals surface area contributed by atoms with Crippen LogP contribution in [0.25, 0.3) is 0 Å². The molecule has 1 aromatic heterocycles. The molecule has 7 heteroatoms. The van der Waals surface area contributed by atoms with E-state index < -0.39 is 5.82 Å². The van der Waals surface area contributed by atoms with Crippen LogP contribution in [-0.2, 0) is 13.6 Å². The van der Waals surface area contributed by atoms with Crippen LogP contribution in [0.5, 0.6) is 0 Å². The van der Waals surface area contributed by atoms with Crippen molar-refractivity contribution < 1.29 is 9.18 Å². The number of hydrogen-bond acceptors (Lipinski definition) is 3. The Labute approximate surface area is 111 Å². The molecule has 1 amide bonds. The lowest BCUT2D eigenvalue weighted by Gasteiger charge is -2.06. The fourth-order valence-corrected chi connectivity index (χ4v) is 1.82. The Morgan fingerprint density at radius 2 is 2.33 bits per heavy atom. The number of hydrogen-bond donors (Lipinski definition) is 1. The second-order valence-corrected chi connectivity index (χ2v) is 4.52. The Kier molecular flexibility index (Phi) is 3.71. The maximum absolute atomic E-state index is 13.1. The number of carbonyl (C=O) groups excluding carboxylic acids is 1. The summed E-state index contributed by atoms with van der Waals surface area (Å²) in [5, 5.41) is 10.2. The predicted octanol–water partition coefficient (Wildman–Crippen LogP) is 1.65. The molecule has 0 atom stereocenters. The highest BCUT2D eigenvalue weighted by Gasteiger charge is 2.11. The van der Waals surface area contributed by atoms with E-state index in [1.54, 1.807) is 17.9 Å². The van der Waals surface area contributed by atoms with Crippen LogP contribution in [0.15, 0.2) is 29.0 Å². The SMILES string of the molecule is Cn1cnnc1CNC(=O)c1cc(F)ccc1Br. The predicted molar refractivity (Wildman–Crippen MR) is 66.3 cm³/mol. The van der Waals surface area contributed by atoms with Gasteiger partial charge in [-0.25, -0.2) is 4.39 Å². The zero-order chi connectivity index (χ0) is 13.1. The molecule has 0 saturated heterocycles. The third-order valence-electron chi connectivity index (χ3n) is 2.39. The summed E-state index contributed by atoms with van der Waals surface area (Å²) in [6.45, 7) is 0.234. The van der Waals surface area contributed by atoms with E-state index in [-0.39, 0.29) is 18.0 Å². The highest BCUT2D eigenvalue weighted by atomic mass is 79.9. The van der Waals surface area contributed by atoms with Crippen LogP contribution >= 0.6 is 15.9 Å². The summed E-state index contributed by atoms with van der Waals surface area (Å²) < 4.78 is 15.3. The van der Waals surface area contributed by atoms with Crippen molar-refractivity contribution in [3.05, 3.63) is 46.2 Å². The van der Waals surface area contributed by atoms with Crippen molar-refractivity contribution in [2.24, 2.45) is 7.05 Å². The molecule has 0 radical (unpaired) electrons. The number of aromatic nitrogens is 3. The molecule has 94 valence electrons. The zero-order valence-electron chi connectivity index (χ0n) is 9.52. The van der Waals surface area contributed by atoms with E-state index in [1.165, 1.54) is 18.2 Å². The van der Waals surface area contributed by atoms with Crippen LogP contribution in [0.3, 0.4) is 0 Å². The number of aryl methyl sites for hydroxylation is 1. The zero-order valence-corrected chi connectivity index (χ0v) is 11.1. The van der Waals surface area contributed by atoms with Gasteiger partial charge in [0.2, 0.25) is 0 Å². The van der Waals surface area contributed by atoms with E-state index >= 15 is 0 Å². The van der Waals surface area contributed by atoms with E-state index in [9.17, 15) is 9.18 Å². The molecule has 2 aromatic rings. The summed E-state index contributed by atoms with van der Waals surface area (Å²) in [4.78, 5) is 11.9. The molecule has 5 nitrogen and oxygen atoms in total. The van der Waals surface area contributed by atoms with Crippen molar-refractivity contribution in [2.45, 2.75) is 6.54 Å². The van der Waals surface area contributed by atoms with Crippen LogP contribution in [0.4, 0.5) is 4.39 Å². The lowest BCUT2D eigenvalue weighted by molar-refractivity contribution is 0.0948. The van der Waals surface area contributed by atoms with Gasteiger partial charge >= 0.3 is 0 Å². The first-order valence-corrected chi connectivity index (χ1v) is 5.93. The molecule has 0 bridgehead atoms. The number of halogens is 2. The average molecular weight is 313 g/mol. The minimum Gasteiger partial charge on any atom is -0.345 e. The van der Waals surface area contributed by atoms with Gasteiger partial charge in [0.05, 0.1) is 12.1 Å². The molecule has 1 N–H and O–H groups in total. The van der Waals surface area contributed by atoms with Gasteiger partial charge in [-0.05, 0) is 34.1 Å². The Balaban J connectivity index is 2.08. The normalized spacial score (nSPS) is 10.4. The molecule has 0 fully saturated rings. The number of amides is 1. The maximum atomic E-state index is 13.1. The topological polar surface area (TPSA) is 59.8 Å². The molecule has 0 unspecified atom stereocenters. The van der Waals surface area contributed by atoms with Gasteiger partial charge in [0, 0.05) is 11.5 Å². The van der Waals surface area contributed by atoms with Crippen LogP contribution in [0.2, 0.25) is 0 Å². The van der Waals surface area contributed by atoms with Crippen LogP contribution in [0, 0.1) is 5.82 Å². The van der Waals surface area contributed by atoms with Gasteiger partial charge in [0.25, 0.3) is 5.91 Å². The molecular formula is C11H10BrFN4O. The van der Waals surface area contributed by atoms with Crippen molar-refractivity contribution in [3.63, 3.8) is 0 Å². The highest BCUT2D eigenvalue weighted by Crippen LogP contribution is 2.17. The minimum absolute atomic E-state index is 0.234. The Hall–Kier alpha value is -1.76. The number of benzene rings is 1. The Morgan fingerprint density at radius 1 is 1.56 bits per heavy atom. The van der Waals surface area contributed by atoms with Gasteiger partial charge in [-0.15, -0.1) is 10.2 Å². The van der Waals surface area contributed by atoms with Gasteiger partial charge in [-0.1, -0.05) is 0 Å². The van der Waals surface area contributed by atoms with Gasteiger partial charge in [0.15, 0.2) is 5.82 Å². The van der Waals surface area contributed by atoms with E-state index in [0.29, 0.717) is 10.3 Å². The molecule has 0 aliphatic rings. The second-order valence-electron chi connectivity index (χ2n) is 3.66. The molecule has 0 aliphatic carbocycles. The third-order valence-corrected chi connectivity index (χ3v) is 3.08. The summed E-state index contributed by atoms with van der Waals surface area (Å²) in [6, 6.07) is 3.95. The largest absolute Gasteiger partial charge is 0.345 e. The van der Waals surface area contributed by atoms with Gasteiger partial charge in [-0.2, -0.15) is 0 Å². The molecule has 1 aromatic carbocycles. The van der Waals surface area contributed by atoms with Crippen molar-refractivity contribution in [3.8, 4) is 0 Å². The minimum atomic E-state index is -0.456. The van der Waals surface area contributed by atoms with Crippen molar-refractivity contribution in [1.82, 2.24) is 20.1 Å². The van der Waals surface area contributed by atoms with Crippen molar-refractivity contribution in [1.29, 1.82) is 0 Å². The number of nitrogens with zero attached hydrogens (tertiary/aromatic N) is 3.